The van der Waals surface area contributed by atoms with Gasteiger partial charge in [-0.15, -0.1) is 0 Å². The molecular formula is C30H32F2N6O3. The maximum atomic E-state index is 14.6. The number of benzene rings is 2. The zero-order chi connectivity index (χ0) is 29.3. The SMILES string of the molecule is CN(/C(=N\C=N)n1cc2c(n1)-c1cc(C3=CCN(C(=O)OC(C)(C)C)CC3)ccc1OCC2)c1ccc(F)cc1F. The summed E-state index contributed by atoms with van der Waals surface area (Å²) >= 11 is 0. The fraction of sp³-hybridized carbons (Fsp3) is 0.333. The van der Waals surface area contributed by atoms with Crippen molar-refractivity contribution in [1.29, 1.82) is 5.41 Å². The van der Waals surface area contributed by atoms with Gasteiger partial charge in [0, 0.05) is 49.9 Å². The average Bonchev–Trinajstić information content (AvgIpc) is 3.26. The first-order valence-electron chi connectivity index (χ1n) is 13.3. The second-order valence-electron chi connectivity index (χ2n) is 10.9. The third kappa shape index (κ3) is 5.98. The van der Waals surface area contributed by atoms with Gasteiger partial charge in [-0.3, -0.25) is 5.41 Å². The van der Waals surface area contributed by atoms with E-state index in [0.29, 0.717) is 44.0 Å². The summed E-state index contributed by atoms with van der Waals surface area (Å²) in [6.07, 6.45) is 5.60. The molecule has 2 aliphatic heterocycles. The predicted molar refractivity (Wildman–Crippen MR) is 154 cm³/mol. The van der Waals surface area contributed by atoms with Crippen molar-refractivity contribution in [2.45, 2.75) is 39.2 Å². The Balaban J connectivity index is 1.46. The van der Waals surface area contributed by atoms with Gasteiger partial charge in [0.2, 0.25) is 5.96 Å². The molecule has 0 spiro atoms. The average molecular weight is 563 g/mol. The minimum atomic E-state index is -0.756. The van der Waals surface area contributed by atoms with Crippen LogP contribution in [0.3, 0.4) is 0 Å². The Bertz CT molecular complexity index is 1560. The van der Waals surface area contributed by atoms with Gasteiger partial charge in [0.05, 0.1) is 18.0 Å². The third-order valence-electron chi connectivity index (χ3n) is 6.84. The minimum Gasteiger partial charge on any atom is -0.493 e. The summed E-state index contributed by atoms with van der Waals surface area (Å²) < 4.78 is 41.1. The molecule has 0 unspecified atom stereocenters. The molecule has 0 bridgehead atoms. The van der Waals surface area contributed by atoms with Crippen molar-refractivity contribution in [3.63, 3.8) is 0 Å². The van der Waals surface area contributed by atoms with E-state index in [1.165, 1.54) is 15.6 Å². The number of ether oxygens (including phenoxy) is 2. The van der Waals surface area contributed by atoms with E-state index in [9.17, 15) is 13.6 Å². The molecule has 11 heteroatoms. The highest BCUT2D eigenvalue weighted by Crippen LogP contribution is 2.37. The summed E-state index contributed by atoms with van der Waals surface area (Å²) in [4.78, 5) is 19.7. The smallest absolute Gasteiger partial charge is 0.410 e. The summed E-state index contributed by atoms with van der Waals surface area (Å²) in [5, 5.41) is 12.4. The molecule has 0 radical (unpaired) electrons. The number of fused-ring (bicyclic) bond motifs is 3. The molecular weight excluding hydrogens is 530 g/mol. The molecule has 0 saturated heterocycles. The molecule has 1 amide bonds. The van der Waals surface area contributed by atoms with Crippen LogP contribution in [-0.4, -0.2) is 65.4 Å². The summed E-state index contributed by atoms with van der Waals surface area (Å²) in [5.74, 6) is -0.579. The van der Waals surface area contributed by atoms with Crippen LogP contribution < -0.4 is 9.64 Å². The van der Waals surface area contributed by atoms with Gasteiger partial charge in [0.15, 0.2) is 0 Å². The lowest BCUT2D eigenvalue weighted by molar-refractivity contribution is 0.0270. The molecule has 1 N–H and O–H groups in total. The third-order valence-corrected chi connectivity index (χ3v) is 6.84. The number of carbonyl (C=O) groups is 1. The zero-order valence-electron chi connectivity index (χ0n) is 23.4. The number of nitrogens with zero attached hydrogens (tertiary/aromatic N) is 5. The van der Waals surface area contributed by atoms with E-state index in [4.69, 9.17) is 20.0 Å². The van der Waals surface area contributed by atoms with Crippen molar-refractivity contribution in [3.8, 4) is 17.0 Å². The first-order valence-corrected chi connectivity index (χ1v) is 13.3. The Morgan fingerprint density at radius 1 is 1.20 bits per heavy atom. The van der Waals surface area contributed by atoms with Gasteiger partial charge in [-0.25, -0.2) is 23.2 Å². The van der Waals surface area contributed by atoms with Gasteiger partial charge in [0.1, 0.15) is 29.3 Å². The summed E-state index contributed by atoms with van der Waals surface area (Å²) in [6, 6.07) is 9.23. The lowest BCUT2D eigenvalue weighted by Crippen LogP contribution is -2.39. The number of hydrogen-bond acceptors (Lipinski definition) is 5. The van der Waals surface area contributed by atoms with E-state index < -0.39 is 17.2 Å². The van der Waals surface area contributed by atoms with Gasteiger partial charge < -0.3 is 19.3 Å². The number of aromatic nitrogens is 2. The van der Waals surface area contributed by atoms with Crippen molar-refractivity contribution >= 4 is 29.7 Å². The van der Waals surface area contributed by atoms with Crippen molar-refractivity contribution in [1.82, 2.24) is 14.7 Å². The predicted octanol–water partition coefficient (Wildman–Crippen LogP) is 5.73. The molecule has 2 aromatic carbocycles. The molecule has 1 aromatic heterocycles. The van der Waals surface area contributed by atoms with Crippen LogP contribution in [0.25, 0.3) is 16.8 Å². The van der Waals surface area contributed by atoms with Crippen LogP contribution in [-0.2, 0) is 11.2 Å². The van der Waals surface area contributed by atoms with Crippen LogP contribution >= 0.6 is 0 Å². The highest BCUT2D eigenvalue weighted by Gasteiger charge is 2.26. The Kier molecular flexibility index (Phi) is 7.61. The van der Waals surface area contributed by atoms with Crippen molar-refractivity contribution in [3.05, 3.63) is 71.4 Å². The van der Waals surface area contributed by atoms with E-state index in [-0.39, 0.29) is 17.7 Å². The Morgan fingerprint density at radius 3 is 2.68 bits per heavy atom. The van der Waals surface area contributed by atoms with Crippen molar-refractivity contribution in [2.75, 3.05) is 31.6 Å². The second kappa shape index (κ2) is 11.1. The standard InChI is InChI=1S/C30H32F2N6O3/c1-30(2,3)41-29(39)37-12-9-19(10-13-37)20-5-8-26-23(15-20)27-21(11-14-40-26)17-38(35-27)28(34-18-33)36(4)25-7-6-22(31)16-24(25)32/h5-9,15-18,33H,10-14H2,1-4H3/b33-18?,34-28+. The van der Waals surface area contributed by atoms with Gasteiger partial charge in [-0.1, -0.05) is 12.1 Å². The summed E-state index contributed by atoms with van der Waals surface area (Å²) in [5.41, 5.74) is 4.04. The quantitative estimate of drug-likeness (QED) is 0.325. The molecule has 3 heterocycles. The van der Waals surface area contributed by atoms with Gasteiger partial charge >= 0.3 is 6.09 Å². The van der Waals surface area contributed by atoms with Gasteiger partial charge in [-0.2, -0.15) is 5.10 Å². The monoisotopic (exact) mass is 562 g/mol. The summed E-state index contributed by atoms with van der Waals surface area (Å²) in [7, 11) is 1.58. The number of amides is 1. The number of aliphatic imine (C=N–C) groups is 1. The molecule has 2 aliphatic rings. The first kappa shape index (κ1) is 28.0. The largest absolute Gasteiger partial charge is 0.493 e. The van der Waals surface area contributed by atoms with Gasteiger partial charge in [-0.05, 0) is 62.6 Å². The van der Waals surface area contributed by atoms with Crippen LogP contribution in [0.2, 0.25) is 0 Å². The van der Waals surface area contributed by atoms with Crippen LogP contribution in [0, 0.1) is 17.0 Å². The van der Waals surface area contributed by atoms with E-state index in [1.807, 2.05) is 45.0 Å². The van der Waals surface area contributed by atoms with Crippen molar-refractivity contribution < 1.29 is 23.0 Å². The number of carbonyl (C=O) groups excluding carboxylic acids is 1. The fourth-order valence-corrected chi connectivity index (χ4v) is 4.88. The zero-order valence-corrected chi connectivity index (χ0v) is 23.4. The van der Waals surface area contributed by atoms with E-state index >= 15 is 0 Å². The number of hydrogen-bond donors (Lipinski definition) is 1. The minimum absolute atomic E-state index is 0.0911. The second-order valence-corrected chi connectivity index (χ2v) is 10.9. The topological polar surface area (TPSA) is 96.0 Å². The first-order chi connectivity index (χ1) is 19.5. The van der Waals surface area contributed by atoms with Crippen LogP contribution in [0.4, 0.5) is 19.3 Å². The molecule has 3 aromatic rings. The molecule has 41 heavy (non-hydrogen) atoms. The molecule has 214 valence electrons. The molecule has 0 aliphatic carbocycles. The maximum absolute atomic E-state index is 14.6. The molecule has 5 rings (SSSR count). The van der Waals surface area contributed by atoms with E-state index in [1.54, 1.807) is 18.1 Å². The highest BCUT2D eigenvalue weighted by atomic mass is 19.1. The number of rotatable bonds is 3. The lowest BCUT2D eigenvalue weighted by atomic mass is 9.96. The normalized spacial score (nSPS) is 15.2. The highest BCUT2D eigenvalue weighted by molar-refractivity contribution is 6.00. The Morgan fingerprint density at radius 2 is 2.00 bits per heavy atom. The number of halogens is 2. The number of nitrogens with one attached hydrogen (secondary N) is 1. The molecule has 0 fully saturated rings. The summed E-state index contributed by atoms with van der Waals surface area (Å²) in [6.45, 7) is 6.99. The van der Waals surface area contributed by atoms with E-state index in [0.717, 1.165) is 40.7 Å². The number of anilines is 1. The lowest BCUT2D eigenvalue weighted by Gasteiger charge is -2.29. The molecule has 0 saturated carbocycles. The van der Waals surface area contributed by atoms with Gasteiger partial charge in [0.25, 0.3) is 0 Å². The Labute approximate surface area is 237 Å². The van der Waals surface area contributed by atoms with Crippen LogP contribution in [0.1, 0.15) is 38.3 Å². The van der Waals surface area contributed by atoms with Crippen LogP contribution in [0.15, 0.2) is 53.7 Å². The fourth-order valence-electron chi connectivity index (χ4n) is 4.88. The van der Waals surface area contributed by atoms with Crippen LogP contribution in [0.5, 0.6) is 5.75 Å². The maximum Gasteiger partial charge on any atom is 0.410 e. The Hall–Kier alpha value is -4.54. The van der Waals surface area contributed by atoms with E-state index in [2.05, 4.69) is 4.99 Å². The molecule has 9 nitrogen and oxygen atoms in total. The molecule has 0 atom stereocenters. The van der Waals surface area contributed by atoms with Crippen molar-refractivity contribution in [2.24, 2.45) is 4.99 Å².